The first-order chi connectivity index (χ1) is 31.0. The molecule has 0 bridgehead atoms. The summed E-state index contributed by atoms with van der Waals surface area (Å²) in [5.41, 5.74) is 15.0. The van der Waals surface area contributed by atoms with Gasteiger partial charge in [0.1, 0.15) is 0 Å². The number of benzene rings is 8. The van der Waals surface area contributed by atoms with Crippen LogP contribution in [-0.2, 0) is 0 Å². The van der Waals surface area contributed by atoms with Crippen LogP contribution in [0.3, 0.4) is 0 Å². The van der Waals surface area contributed by atoms with Gasteiger partial charge < -0.3 is 4.57 Å². The SMILES string of the molecule is Cc1cc(C)cc(-c2ccc3c4ccccc4n(-c4ccc(-c5nc(-c6ccccc6)cc(-c6ccccc6)n5)cc4-c4nc(-c5ccccc5)nc(-c5ccccc5)n4)c3c2)c1. The summed E-state index contributed by atoms with van der Waals surface area (Å²) in [6.45, 7) is 4.31. The van der Waals surface area contributed by atoms with Crippen LogP contribution in [0, 0.1) is 13.8 Å². The summed E-state index contributed by atoms with van der Waals surface area (Å²) in [5, 5.41) is 2.32. The van der Waals surface area contributed by atoms with E-state index in [-0.39, 0.29) is 0 Å². The first-order valence-corrected chi connectivity index (χ1v) is 21.2. The van der Waals surface area contributed by atoms with Crippen LogP contribution in [0.5, 0.6) is 0 Å². The summed E-state index contributed by atoms with van der Waals surface area (Å²) in [6, 6.07) is 71.5. The van der Waals surface area contributed by atoms with E-state index in [2.05, 4.69) is 128 Å². The van der Waals surface area contributed by atoms with Crippen molar-refractivity contribution < 1.29 is 0 Å². The molecule has 0 aliphatic carbocycles. The van der Waals surface area contributed by atoms with E-state index in [0.29, 0.717) is 23.3 Å². The predicted octanol–water partition coefficient (Wildman–Crippen LogP) is 14.0. The topological polar surface area (TPSA) is 69.4 Å². The van der Waals surface area contributed by atoms with Gasteiger partial charge in [-0.2, -0.15) is 0 Å². The van der Waals surface area contributed by atoms with Crippen molar-refractivity contribution in [3.8, 4) is 84.9 Å². The van der Waals surface area contributed by atoms with E-state index in [4.69, 9.17) is 24.9 Å². The summed E-state index contributed by atoms with van der Waals surface area (Å²) in [5.74, 6) is 2.31. The van der Waals surface area contributed by atoms with Gasteiger partial charge in [-0.05, 0) is 61.4 Å². The maximum absolute atomic E-state index is 5.30. The molecule has 0 amide bonds. The Morgan fingerprint density at radius 3 is 1.37 bits per heavy atom. The highest BCUT2D eigenvalue weighted by Crippen LogP contribution is 2.40. The fourth-order valence-electron chi connectivity index (χ4n) is 8.62. The molecule has 0 aliphatic rings. The van der Waals surface area contributed by atoms with Gasteiger partial charge in [0.05, 0.1) is 28.1 Å². The lowest BCUT2D eigenvalue weighted by Gasteiger charge is -2.17. The van der Waals surface area contributed by atoms with Gasteiger partial charge in [0.25, 0.3) is 0 Å². The average molecular weight is 809 g/mol. The van der Waals surface area contributed by atoms with Gasteiger partial charge in [0.15, 0.2) is 23.3 Å². The minimum absolute atomic E-state index is 0.540. The average Bonchev–Trinajstić information content (AvgIpc) is 3.68. The van der Waals surface area contributed by atoms with Crippen molar-refractivity contribution in [2.24, 2.45) is 0 Å². The Kier molecular flexibility index (Phi) is 9.51. The van der Waals surface area contributed by atoms with E-state index in [9.17, 15) is 0 Å². The van der Waals surface area contributed by atoms with Gasteiger partial charge in [-0.1, -0.05) is 181 Å². The number of fused-ring (bicyclic) bond motifs is 3. The molecule has 0 saturated carbocycles. The third kappa shape index (κ3) is 7.23. The Labute approximate surface area is 365 Å². The zero-order valence-corrected chi connectivity index (χ0v) is 34.8. The third-order valence-corrected chi connectivity index (χ3v) is 11.5. The molecule has 0 radical (unpaired) electrons. The number of para-hydroxylation sites is 1. The van der Waals surface area contributed by atoms with Gasteiger partial charge in [0.2, 0.25) is 0 Å². The molecule has 0 aliphatic heterocycles. The summed E-state index contributed by atoms with van der Waals surface area (Å²) < 4.78 is 2.36. The van der Waals surface area contributed by atoms with Gasteiger partial charge >= 0.3 is 0 Å². The second-order valence-electron chi connectivity index (χ2n) is 15.9. The van der Waals surface area contributed by atoms with Crippen LogP contribution in [0.4, 0.5) is 0 Å². The molecule has 0 atom stereocenters. The summed E-state index contributed by atoms with van der Waals surface area (Å²) >= 11 is 0. The van der Waals surface area contributed by atoms with Crippen molar-refractivity contribution in [3.05, 3.63) is 217 Å². The first-order valence-electron chi connectivity index (χ1n) is 21.2. The molecule has 11 aromatic rings. The van der Waals surface area contributed by atoms with E-state index in [1.165, 1.54) is 16.7 Å². The standard InChI is InChI=1S/C57H40N6/c1-37-31-38(2)33-45(32-37)43-27-29-47-46-25-15-16-26-51(46)63(53(47)35-43)52-30-28-44(56-58-49(39-17-7-3-8-18-39)36-50(59-56)40-19-9-4-10-20-40)34-48(52)57-61-54(41-21-11-5-12-22-41)60-55(62-57)42-23-13-6-14-24-42/h3-36H,1-2H3. The van der Waals surface area contributed by atoms with E-state index >= 15 is 0 Å². The van der Waals surface area contributed by atoms with Gasteiger partial charge in [-0.25, -0.2) is 24.9 Å². The largest absolute Gasteiger partial charge is 0.308 e. The molecule has 0 fully saturated rings. The van der Waals surface area contributed by atoms with E-state index in [1.807, 2.05) is 97.1 Å². The molecule has 0 unspecified atom stereocenters. The first kappa shape index (κ1) is 37.6. The van der Waals surface area contributed by atoms with E-state index in [1.54, 1.807) is 0 Å². The van der Waals surface area contributed by atoms with Crippen LogP contribution in [0.1, 0.15) is 11.1 Å². The molecule has 0 N–H and O–H groups in total. The number of aromatic nitrogens is 6. The van der Waals surface area contributed by atoms with Crippen LogP contribution in [0.25, 0.3) is 107 Å². The third-order valence-electron chi connectivity index (χ3n) is 11.5. The summed E-state index contributed by atoms with van der Waals surface area (Å²) in [4.78, 5) is 26.2. The van der Waals surface area contributed by atoms with Crippen molar-refractivity contribution >= 4 is 21.8 Å². The smallest absolute Gasteiger partial charge is 0.166 e. The minimum Gasteiger partial charge on any atom is -0.308 e. The monoisotopic (exact) mass is 808 g/mol. The summed E-state index contributed by atoms with van der Waals surface area (Å²) in [7, 11) is 0. The summed E-state index contributed by atoms with van der Waals surface area (Å²) in [6.07, 6.45) is 0. The van der Waals surface area contributed by atoms with Crippen LogP contribution < -0.4 is 0 Å². The van der Waals surface area contributed by atoms with E-state index < -0.39 is 0 Å². The molecule has 63 heavy (non-hydrogen) atoms. The van der Waals surface area contributed by atoms with Crippen LogP contribution in [0.2, 0.25) is 0 Å². The molecule has 6 heteroatoms. The molecule has 3 heterocycles. The Hall–Kier alpha value is -8.35. The molecule has 8 aromatic carbocycles. The number of hydrogen-bond donors (Lipinski definition) is 0. The molecule has 11 rings (SSSR count). The van der Waals surface area contributed by atoms with Crippen LogP contribution in [0.15, 0.2) is 206 Å². The van der Waals surface area contributed by atoms with Crippen LogP contribution >= 0.6 is 0 Å². The van der Waals surface area contributed by atoms with Crippen molar-refractivity contribution in [2.75, 3.05) is 0 Å². The normalized spacial score (nSPS) is 11.3. The minimum atomic E-state index is 0.540. The highest BCUT2D eigenvalue weighted by Gasteiger charge is 2.22. The quantitative estimate of drug-likeness (QED) is 0.153. The molecule has 6 nitrogen and oxygen atoms in total. The van der Waals surface area contributed by atoms with Crippen molar-refractivity contribution in [2.45, 2.75) is 13.8 Å². The second-order valence-corrected chi connectivity index (χ2v) is 15.9. The number of nitrogens with zero attached hydrogens (tertiary/aromatic N) is 6. The molecule has 0 saturated heterocycles. The maximum Gasteiger partial charge on any atom is 0.166 e. The predicted molar refractivity (Wildman–Crippen MR) is 257 cm³/mol. The zero-order chi connectivity index (χ0) is 42.3. The number of rotatable bonds is 8. The molecular weight excluding hydrogens is 769 g/mol. The van der Waals surface area contributed by atoms with Crippen molar-refractivity contribution in [3.63, 3.8) is 0 Å². The van der Waals surface area contributed by atoms with Crippen LogP contribution in [-0.4, -0.2) is 29.5 Å². The molecule has 298 valence electrons. The highest BCUT2D eigenvalue weighted by molar-refractivity contribution is 6.10. The maximum atomic E-state index is 5.30. The van der Waals surface area contributed by atoms with E-state index in [0.717, 1.165) is 77.8 Å². The Balaban J connectivity index is 1.21. The van der Waals surface area contributed by atoms with Crippen molar-refractivity contribution in [1.29, 1.82) is 0 Å². The molecule has 0 spiro atoms. The lowest BCUT2D eigenvalue weighted by molar-refractivity contribution is 1.06. The number of hydrogen-bond acceptors (Lipinski definition) is 5. The molecular formula is C57H40N6. The van der Waals surface area contributed by atoms with Gasteiger partial charge in [-0.15, -0.1) is 0 Å². The van der Waals surface area contributed by atoms with Crippen molar-refractivity contribution in [1.82, 2.24) is 29.5 Å². The fourth-order valence-corrected chi connectivity index (χ4v) is 8.62. The Morgan fingerprint density at radius 1 is 0.302 bits per heavy atom. The van der Waals surface area contributed by atoms with Gasteiger partial charge in [0, 0.05) is 44.2 Å². The molecule has 3 aromatic heterocycles. The lowest BCUT2D eigenvalue weighted by Crippen LogP contribution is -2.04. The fraction of sp³-hybridized carbons (Fsp3) is 0.0351. The number of aryl methyl sites for hydroxylation is 2. The zero-order valence-electron chi connectivity index (χ0n) is 34.8. The second kappa shape index (κ2) is 15.9. The highest BCUT2D eigenvalue weighted by atomic mass is 15.1. The lowest BCUT2D eigenvalue weighted by atomic mass is 9.99. The van der Waals surface area contributed by atoms with Gasteiger partial charge in [-0.3, -0.25) is 0 Å². The Bertz CT molecular complexity index is 3320. The Morgan fingerprint density at radius 2 is 0.778 bits per heavy atom.